The molecule has 0 aromatic heterocycles. The molecule has 0 aliphatic rings. The number of phenols is 1. The number of phenolic OH excluding ortho intramolecular Hbond substituents is 1. The van der Waals surface area contributed by atoms with Gasteiger partial charge in [-0.2, -0.15) is 0 Å². The lowest BCUT2D eigenvalue weighted by molar-refractivity contribution is 0.475. The average Bonchev–Trinajstić information content (AvgIpc) is 3.29. The maximum atomic E-state index is 8.63. The van der Waals surface area contributed by atoms with E-state index in [2.05, 4.69) is 85.1 Å². The number of anilines is 1. The number of hydrogen-bond donors (Lipinski definition) is 6. The molecule has 0 aliphatic heterocycles. The molecular weight excluding hydrogens is 711 g/mol. The fourth-order valence-electron chi connectivity index (χ4n) is 4.67. The Balaban J connectivity index is 0.000000339. The van der Waals surface area contributed by atoms with E-state index in [0.717, 1.165) is 18.7 Å². The Kier molecular flexibility index (Phi) is 29.5. The number of nitrogens with one attached hydrogen (secondary N) is 2. The number of para-hydroxylation sites is 2. The van der Waals surface area contributed by atoms with Crippen LogP contribution in [0.1, 0.15) is 60.7 Å². The van der Waals surface area contributed by atoms with Crippen LogP contribution in [0.3, 0.4) is 0 Å². The third kappa shape index (κ3) is 26.7. The zero-order chi connectivity index (χ0) is 42.5. The van der Waals surface area contributed by atoms with Crippen LogP contribution in [0, 0.1) is 0 Å². The quantitative estimate of drug-likeness (QED) is 0.0896. The van der Waals surface area contributed by atoms with Crippen LogP contribution in [-0.4, -0.2) is 19.2 Å². The Morgan fingerprint density at radius 3 is 1.07 bits per heavy atom. The second kappa shape index (κ2) is 34.2. The van der Waals surface area contributed by atoms with Crippen LogP contribution in [0.15, 0.2) is 212 Å². The van der Waals surface area contributed by atoms with Gasteiger partial charge in [-0.15, -0.1) is 0 Å². The molecule has 7 aromatic carbocycles. The van der Waals surface area contributed by atoms with E-state index < -0.39 is 0 Å². The second-order valence-corrected chi connectivity index (χ2v) is 12.9. The maximum absolute atomic E-state index is 8.63. The van der Waals surface area contributed by atoms with E-state index >= 15 is 0 Å². The van der Waals surface area contributed by atoms with Gasteiger partial charge in [0.2, 0.25) is 0 Å². The second-order valence-electron chi connectivity index (χ2n) is 12.9. The zero-order valence-electron chi connectivity index (χ0n) is 35.2. The number of nitrogens with two attached hydrogens (primary N) is 3. The van der Waals surface area contributed by atoms with Crippen molar-refractivity contribution in [3.05, 3.63) is 240 Å². The fourth-order valence-corrected chi connectivity index (χ4v) is 4.67. The van der Waals surface area contributed by atoms with Gasteiger partial charge in [-0.3, -0.25) is 0 Å². The molecule has 7 aromatic rings. The summed E-state index contributed by atoms with van der Waals surface area (Å²) in [6.07, 6.45) is 1.14. The van der Waals surface area contributed by atoms with Crippen LogP contribution in [0.5, 0.6) is 5.75 Å². The highest BCUT2D eigenvalue weighted by atomic mass is 16.3. The summed E-state index contributed by atoms with van der Waals surface area (Å²) in [5, 5.41) is 14.9. The zero-order valence-corrected chi connectivity index (χ0v) is 35.2. The van der Waals surface area contributed by atoms with E-state index in [0.29, 0.717) is 18.3 Å². The lowest BCUT2D eigenvalue weighted by Gasteiger charge is -2.08. The lowest BCUT2D eigenvalue weighted by Crippen LogP contribution is -2.11. The first-order chi connectivity index (χ1) is 28.2. The van der Waals surface area contributed by atoms with Crippen molar-refractivity contribution in [1.29, 1.82) is 0 Å². The van der Waals surface area contributed by atoms with E-state index in [1.165, 1.54) is 27.8 Å². The maximum Gasteiger partial charge on any atom is 0.115 e. The standard InChI is InChI=1S/C9H13N.2C8H11N.C8H10.C7H9N.C6H7N.C6H6O/c1-8(10-2)9-6-4-3-5-7-9;1-9-7-8-5-3-2-4-6-8;1-7(9)8-5-3-2-4-6-8;1-2-8-6-4-3-5-7-8;8-6-7-4-2-1-3-5-7;2*7-6-4-2-1-3-5-6/h3-8,10H,1-2H3;2-6,9H,7H2,1H3;2-7H,9H2,1H3;3-7H,2H2,1H3;1-5H,6,8H2;1-5H,7H2;1-5,7H. The van der Waals surface area contributed by atoms with Crippen molar-refractivity contribution < 1.29 is 5.11 Å². The Hall–Kier alpha value is -6.02. The van der Waals surface area contributed by atoms with Gasteiger partial charge in [-0.1, -0.05) is 195 Å². The lowest BCUT2D eigenvalue weighted by atomic mass is 10.1. The first-order valence-electron chi connectivity index (χ1n) is 19.8. The summed E-state index contributed by atoms with van der Waals surface area (Å²) in [5.41, 5.74) is 23.6. The van der Waals surface area contributed by atoms with Crippen molar-refractivity contribution in [3.63, 3.8) is 0 Å². The molecular formula is C52H67N5O. The van der Waals surface area contributed by atoms with Gasteiger partial charge in [0.25, 0.3) is 0 Å². The number of aromatic hydroxyl groups is 1. The molecule has 0 saturated carbocycles. The highest BCUT2D eigenvalue weighted by molar-refractivity contribution is 5.36. The predicted octanol–water partition coefficient (Wildman–Crippen LogP) is 11.1. The summed E-state index contributed by atoms with van der Waals surface area (Å²) in [7, 11) is 3.92. The molecule has 9 N–H and O–H groups in total. The summed E-state index contributed by atoms with van der Waals surface area (Å²) in [6.45, 7) is 7.89. The van der Waals surface area contributed by atoms with E-state index in [9.17, 15) is 0 Å². The topological polar surface area (TPSA) is 122 Å². The van der Waals surface area contributed by atoms with Crippen molar-refractivity contribution in [3.8, 4) is 5.75 Å². The molecule has 0 aliphatic carbocycles. The Morgan fingerprint density at radius 1 is 0.483 bits per heavy atom. The van der Waals surface area contributed by atoms with Crippen LogP contribution in [-0.2, 0) is 19.5 Å². The van der Waals surface area contributed by atoms with Gasteiger partial charge >= 0.3 is 0 Å². The van der Waals surface area contributed by atoms with Crippen molar-refractivity contribution >= 4 is 5.69 Å². The molecule has 6 nitrogen and oxygen atoms in total. The van der Waals surface area contributed by atoms with Gasteiger partial charge in [0.15, 0.2) is 0 Å². The van der Waals surface area contributed by atoms with E-state index in [4.69, 9.17) is 22.3 Å². The smallest absolute Gasteiger partial charge is 0.115 e. The molecule has 2 atom stereocenters. The molecule has 0 radical (unpaired) electrons. The van der Waals surface area contributed by atoms with Crippen LogP contribution in [0.4, 0.5) is 5.69 Å². The van der Waals surface area contributed by atoms with Crippen molar-refractivity contribution in [1.82, 2.24) is 10.6 Å². The first-order valence-corrected chi connectivity index (χ1v) is 19.8. The predicted molar refractivity (Wildman–Crippen MR) is 251 cm³/mol. The molecule has 2 unspecified atom stereocenters. The monoisotopic (exact) mass is 778 g/mol. The Morgan fingerprint density at radius 2 is 0.828 bits per heavy atom. The average molecular weight is 778 g/mol. The number of aryl methyl sites for hydroxylation is 1. The third-order valence-corrected chi connectivity index (χ3v) is 8.17. The normalized spacial score (nSPS) is 10.3. The number of rotatable bonds is 7. The number of hydrogen-bond acceptors (Lipinski definition) is 6. The van der Waals surface area contributed by atoms with Crippen LogP contribution in [0.25, 0.3) is 0 Å². The van der Waals surface area contributed by atoms with Gasteiger partial charge in [0, 0.05) is 30.9 Å². The molecule has 0 bridgehead atoms. The molecule has 306 valence electrons. The van der Waals surface area contributed by atoms with Gasteiger partial charge < -0.3 is 32.9 Å². The molecule has 6 heteroatoms. The number of nitrogen functional groups attached to an aromatic ring is 1. The first kappa shape index (κ1) is 50.0. The summed E-state index contributed by atoms with van der Waals surface area (Å²) < 4.78 is 0. The minimum absolute atomic E-state index is 0.159. The summed E-state index contributed by atoms with van der Waals surface area (Å²) in [4.78, 5) is 0. The van der Waals surface area contributed by atoms with Gasteiger partial charge in [0.05, 0.1) is 0 Å². The molecule has 58 heavy (non-hydrogen) atoms. The van der Waals surface area contributed by atoms with Crippen molar-refractivity contribution in [2.24, 2.45) is 11.5 Å². The molecule has 0 spiro atoms. The minimum Gasteiger partial charge on any atom is -0.508 e. The summed E-state index contributed by atoms with van der Waals surface area (Å²) in [6, 6.07) is 70.1. The van der Waals surface area contributed by atoms with Gasteiger partial charge in [-0.05, 0) is 86.4 Å². The molecule has 0 saturated heterocycles. The minimum atomic E-state index is 0.159. The van der Waals surface area contributed by atoms with Crippen LogP contribution < -0.4 is 27.8 Å². The molecule has 7 rings (SSSR count). The highest BCUT2D eigenvalue weighted by Gasteiger charge is 1.98. The SMILES string of the molecule is CC(N)c1ccccc1.CCc1ccccc1.CNC(C)c1ccccc1.CNCc1ccccc1.NCc1ccccc1.Nc1ccccc1.Oc1ccccc1. The van der Waals surface area contributed by atoms with Crippen molar-refractivity contribution in [2.45, 2.75) is 52.4 Å². The summed E-state index contributed by atoms with van der Waals surface area (Å²) >= 11 is 0. The van der Waals surface area contributed by atoms with Crippen LogP contribution >= 0.6 is 0 Å². The van der Waals surface area contributed by atoms with Gasteiger partial charge in [-0.25, -0.2) is 0 Å². The number of benzene rings is 7. The third-order valence-electron chi connectivity index (χ3n) is 8.17. The van der Waals surface area contributed by atoms with Gasteiger partial charge in [0.1, 0.15) is 5.75 Å². The molecule has 0 heterocycles. The van der Waals surface area contributed by atoms with Crippen molar-refractivity contribution in [2.75, 3.05) is 19.8 Å². The Labute approximate surface area is 349 Å². The largest absolute Gasteiger partial charge is 0.508 e. The molecule has 0 amide bonds. The summed E-state index contributed by atoms with van der Waals surface area (Å²) in [5.74, 6) is 0.322. The molecule has 0 fully saturated rings. The van der Waals surface area contributed by atoms with E-state index in [1.54, 1.807) is 24.3 Å². The Bertz CT molecular complexity index is 1790. The van der Waals surface area contributed by atoms with E-state index in [-0.39, 0.29) is 6.04 Å². The highest BCUT2D eigenvalue weighted by Crippen LogP contribution is 2.09. The van der Waals surface area contributed by atoms with Crippen LogP contribution in [0.2, 0.25) is 0 Å². The van der Waals surface area contributed by atoms with E-state index in [1.807, 2.05) is 148 Å². The fraction of sp³-hybridized carbons (Fsp3) is 0.192.